The van der Waals surface area contributed by atoms with Crippen molar-refractivity contribution in [1.29, 1.82) is 0 Å². The second-order valence-corrected chi connectivity index (χ2v) is 4.90. The molecule has 0 unspecified atom stereocenters. The molecule has 4 nitrogen and oxygen atoms in total. The lowest BCUT2D eigenvalue weighted by Crippen LogP contribution is -2.15. The van der Waals surface area contributed by atoms with Crippen LogP contribution in [0.15, 0.2) is 41.6 Å². The standard InChI is InChI=1S/C12H9N3OS/c1-8-7-15-11(16)9(6-14-12(15)17-8)10-4-2-3-5-13-10/h2-7H,1H3. The predicted molar refractivity (Wildman–Crippen MR) is 67.3 cm³/mol. The number of nitrogens with zero attached hydrogens (tertiary/aromatic N) is 3. The first-order valence-corrected chi connectivity index (χ1v) is 5.96. The van der Waals surface area contributed by atoms with Crippen molar-refractivity contribution in [2.75, 3.05) is 0 Å². The lowest BCUT2D eigenvalue weighted by Gasteiger charge is -1.99. The van der Waals surface area contributed by atoms with E-state index in [9.17, 15) is 4.79 Å². The first kappa shape index (κ1) is 10.2. The largest absolute Gasteiger partial charge is 0.268 e. The quantitative estimate of drug-likeness (QED) is 0.657. The van der Waals surface area contributed by atoms with Crippen LogP contribution in [0.4, 0.5) is 0 Å². The summed E-state index contributed by atoms with van der Waals surface area (Å²) in [7, 11) is 0. The molecule has 0 aromatic carbocycles. The number of hydrogen-bond acceptors (Lipinski definition) is 4. The van der Waals surface area contributed by atoms with Crippen LogP contribution in [0.1, 0.15) is 4.88 Å². The number of rotatable bonds is 1. The third kappa shape index (κ3) is 1.64. The molecule has 3 aromatic heterocycles. The molecule has 0 bridgehead atoms. The van der Waals surface area contributed by atoms with Gasteiger partial charge in [-0.05, 0) is 19.1 Å². The van der Waals surface area contributed by atoms with Gasteiger partial charge in [-0.1, -0.05) is 6.07 Å². The number of aryl methyl sites for hydroxylation is 1. The third-order valence-electron chi connectivity index (χ3n) is 2.46. The molecule has 17 heavy (non-hydrogen) atoms. The summed E-state index contributed by atoms with van der Waals surface area (Å²) in [5, 5.41) is 0. The van der Waals surface area contributed by atoms with E-state index in [1.165, 1.54) is 11.3 Å². The highest BCUT2D eigenvalue weighted by Crippen LogP contribution is 2.16. The fourth-order valence-corrected chi connectivity index (χ4v) is 2.48. The van der Waals surface area contributed by atoms with Gasteiger partial charge in [0.2, 0.25) is 0 Å². The smallest absolute Gasteiger partial charge is 0.267 e. The minimum Gasteiger partial charge on any atom is -0.268 e. The van der Waals surface area contributed by atoms with Crippen LogP contribution in [0.5, 0.6) is 0 Å². The van der Waals surface area contributed by atoms with Crippen LogP contribution in [0.2, 0.25) is 0 Å². The van der Waals surface area contributed by atoms with Gasteiger partial charge in [0.1, 0.15) is 0 Å². The van der Waals surface area contributed by atoms with Crippen molar-refractivity contribution in [1.82, 2.24) is 14.4 Å². The van der Waals surface area contributed by atoms with Gasteiger partial charge < -0.3 is 0 Å². The van der Waals surface area contributed by atoms with Crippen molar-refractivity contribution in [3.63, 3.8) is 0 Å². The Morgan fingerprint density at radius 3 is 2.94 bits per heavy atom. The van der Waals surface area contributed by atoms with Gasteiger partial charge in [-0.2, -0.15) is 0 Å². The van der Waals surface area contributed by atoms with Crippen molar-refractivity contribution in [3.8, 4) is 11.3 Å². The average Bonchev–Trinajstić information content (AvgIpc) is 2.72. The zero-order chi connectivity index (χ0) is 11.8. The first-order chi connectivity index (χ1) is 8.25. The van der Waals surface area contributed by atoms with E-state index in [4.69, 9.17) is 0 Å². The maximum atomic E-state index is 12.2. The fourth-order valence-electron chi connectivity index (χ4n) is 1.69. The van der Waals surface area contributed by atoms with Crippen LogP contribution in [-0.2, 0) is 0 Å². The Morgan fingerprint density at radius 2 is 2.18 bits per heavy atom. The summed E-state index contributed by atoms with van der Waals surface area (Å²) in [6.45, 7) is 1.96. The van der Waals surface area contributed by atoms with E-state index in [0.29, 0.717) is 16.2 Å². The van der Waals surface area contributed by atoms with Crippen molar-refractivity contribution in [2.45, 2.75) is 6.92 Å². The van der Waals surface area contributed by atoms with E-state index in [0.717, 1.165) is 4.88 Å². The molecule has 84 valence electrons. The molecule has 0 fully saturated rings. The van der Waals surface area contributed by atoms with Crippen molar-refractivity contribution >= 4 is 16.3 Å². The molecule has 0 aliphatic heterocycles. The van der Waals surface area contributed by atoms with Gasteiger partial charge in [-0.3, -0.25) is 14.2 Å². The molecule has 0 saturated carbocycles. The topological polar surface area (TPSA) is 47.3 Å². The van der Waals surface area contributed by atoms with Gasteiger partial charge >= 0.3 is 0 Å². The zero-order valence-corrected chi connectivity index (χ0v) is 9.94. The molecule has 0 aliphatic carbocycles. The van der Waals surface area contributed by atoms with Gasteiger partial charge in [0.25, 0.3) is 5.56 Å². The van der Waals surface area contributed by atoms with E-state index in [1.807, 2.05) is 31.3 Å². The van der Waals surface area contributed by atoms with Gasteiger partial charge in [0, 0.05) is 23.5 Å². The maximum absolute atomic E-state index is 12.2. The van der Waals surface area contributed by atoms with E-state index in [-0.39, 0.29) is 5.56 Å². The maximum Gasteiger partial charge on any atom is 0.267 e. The van der Waals surface area contributed by atoms with Crippen LogP contribution in [0.25, 0.3) is 16.2 Å². The third-order valence-corrected chi connectivity index (χ3v) is 3.38. The molecule has 0 N–H and O–H groups in total. The Morgan fingerprint density at radius 1 is 1.29 bits per heavy atom. The highest BCUT2D eigenvalue weighted by Gasteiger charge is 2.09. The van der Waals surface area contributed by atoms with Gasteiger partial charge in [-0.15, -0.1) is 11.3 Å². The summed E-state index contributed by atoms with van der Waals surface area (Å²) in [5.74, 6) is 0. The molecule has 0 radical (unpaired) electrons. The Labute approximate surface area is 101 Å². The van der Waals surface area contributed by atoms with Crippen molar-refractivity contribution in [2.24, 2.45) is 0 Å². The zero-order valence-electron chi connectivity index (χ0n) is 9.12. The summed E-state index contributed by atoms with van der Waals surface area (Å²) < 4.78 is 1.57. The van der Waals surface area contributed by atoms with E-state index in [1.54, 1.807) is 16.8 Å². The normalized spacial score (nSPS) is 10.9. The van der Waals surface area contributed by atoms with Crippen LogP contribution >= 0.6 is 11.3 Å². The Balaban J connectivity index is 2.32. The summed E-state index contributed by atoms with van der Waals surface area (Å²) in [5.41, 5.74) is 1.11. The monoisotopic (exact) mass is 243 g/mol. The molecule has 0 aliphatic rings. The highest BCUT2D eigenvalue weighted by atomic mass is 32.1. The lowest BCUT2D eigenvalue weighted by atomic mass is 10.2. The van der Waals surface area contributed by atoms with Crippen LogP contribution < -0.4 is 5.56 Å². The van der Waals surface area contributed by atoms with E-state index < -0.39 is 0 Å². The minimum atomic E-state index is -0.0712. The van der Waals surface area contributed by atoms with Crippen molar-refractivity contribution in [3.05, 3.63) is 52.0 Å². The number of fused-ring (bicyclic) bond motifs is 1. The molecule has 0 atom stereocenters. The molecular weight excluding hydrogens is 234 g/mol. The van der Waals surface area contributed by atoms with Crippen LogP contribution in [0, 0.1) is 6.92 Å². The first-order valence-electron chi connectivity index (χ1n) is 5.15. The Hall–Kier alpha value is -2.01. The number of aromatic nitrogens is 3. The number of pyridine rings is 1. The lowest BCUT2D eigenvalue weighted by molar-refractivity contribution is 1.07. The number of hydrogen-bond donors (Lipinski definition) is 0. The molecule has 0 spiro atoms. The van der Waals surface area contributed by atoms with E-state index in [2.05, 4.69) is 9.97 Å². The minimum absolute atomic E-state index is 0.0712. The predicted octanol–water partition coefficient (Wildman–Crippen LogP) is 2.13. The fraction of sp³-hybridized carbons (Fsp3) is 0.0833. The second kappa shape index (κ2) is 3.78. The number of thiazole rings is 1. The second-order valence-electron chi connectivity index (χ2n) is 3.69. The Bertz CT molecular complexity index is 730. The summed E-state index contributed by atoms with van der Waals surface area (Å²) in [6.07, 6.45) is 5.07. The molecule has 5 heteroatoms. The molecule has 3 aromatic rings. The Kier molecular flexibility index (Phi) is 2.26. The van der Waals surface area contributed by atoms with Gasteiger partial charge in [-0.25, -0.2) is 4.98 Å². The molecule has 3 heterocycles. The average molecular weight is 243 g/mol. The molecule has 0 amide bonds. The van der Waals surface area contributed by atoms with Crippen LogP contribution in [-0.4, -0.2) is 14.4 Å². The molecule has 3 rings (SSSR count). The van der Waals surface area contributed by atoms with Gasteiger partial charge in [0.15, 0.2) is 4.96 Å². The van der Waals surface area contributed by atoms with Gasteiger partial charge in [0.05, 0.1) is 11.3 Å². The summed E-state index contributed by atoms with van der Waals surface area (Å²) >= 11 is 1.50. The van der Waals surface area contributed by atoms with Crippen molar-refractivity contribution < 1.29 is 0 Å². The SMILES string of the molecule is Cc1cn2c(=O)c(-c3ccccn3)cnc2s1. The van der Waals surface area contributed by atoms with Crippen LogP contribution in [0.3, 0.4) is 0 Å². The van der Waals surface area contributed by atoms with E-state index >= 15 is 0 Å². The highest BCUT2D eigenvalue weighted by molar-refractivity contribution is 7.16. The molecule has 0 saturated heterocycles. The summed E-state index contributed by atoms with van der Waals surface area (Å²) in [6, 6.07) is 5.49. The molecular formula is C12H9N3OS. The summed E-state index contributed by atoms with van der Waals surface area (Å²) in [4.78, 5) is 22.5.